The number of thioether (sulfide) groups is 1. The highest BCUT2D eigenvalue weighted by Gasteiger charge is 2.42. The average Bonchev–Trinajstić information content (AvgIpc) is 2.85. The number of aromatic nitrogens is 2. The summed E-state index contributed by atoms with van der Waals surface area (Å²) >= 11 is 1.33. The second-order valence-electron chi connectivity index (χ2n) is 10.0. The second-order valence-corrected chi connectivity index (χ2v) is 11.0. The van der Waals surface area contributed by atoms with Crippen molar-refractivity contribution in [3.8, 4) is 5.75 Å². The number of nitro benzene ring substituents is 1. The Balaban J connectivity index is 1.54. The first-order chi connectivity index (χ1) is 17.6. The number of ketones is 1. The Kier molecular flexibility index (Phi) is 6.36. The molecule has 2 N–H and O–H groups in total. The number of nitro groups is 1. The molecule has 37 heavy (non-hydrogen) atoms. The van der Waals surface area contributed by atoms with E-state index in [2.05, 4.69) is 24.1 Å². The number of hydrogen-bond donors (Lipinski definition) is 2. The van der Waals surface area contributed by atoms with Crippen molar-refractivity contribution in [2.45, 2.75) is 43.5 Å². The molecule has 2 aliphatic rings. The van der Waals surface area contributed by atoms with E-state index in [4.69, 9.17) is 9.72 Å². The molecule has 0 radical (unpaired) electrons. The highest BCUT2D eigenvalue weighted by Crippen LogP contribution is 2.48. The van der Waals surface area contributed by atoms with E-state index in [1.807, 2.05) is 24.3 Å². The topological polar surface area (TPSA) is 127 Å². The predicted octanol–water partition coefficient (Wildman–Crippen LogP) is 5.18. The molecule has 2 aromatic carbocycles. The highest BCUT2D eigenvalue weighted by atomic mass is 32.2. The fourth-order valence-electron chi connectivity index (χ4n) is 4.98. The molecular formula is C27H26N4O5S. The van der Waals surface area contributed by atoms with E-state index in [0.29, 0.717) is 46.5 Å². The number of Topliss-reactive ketones (excluding diaryl/α,β-unsaturated/α-hetero) is 1. The molecule has 0 bridgehead atoms. The summed E-state index contributed by atoms with van der Waals surface area (Å²) in [5, 5.41) is 14.6. The number of hydrogen-bond acceptors (Lipinski definition) is 8. The van der Waals surface area contributed by atoms with Gasteiger partial charge in [-0.25, -0.2) is 4.98 Å². The first-order valence-corrected chi connectivity index (χ1v) is 12.8. The number of non-ortho nitro benzene ring substituents is 1. The molecule has 1 atom stereocenters. The van der Waals surface area contributed by atoms with Crippen molar-refractivity contribution in [2.24, 2.45) is 5.41 Å². The normalized spacial score (nSPS) is 18.0. The van der Waals surface area contributed by atoms with Gasteiger partial charge in [0.1, 0.15) is 11.6 Å². The summed E-state index contributed by atoms with van der Waals surface area (Å²) in [5.74, 6) is 1.01. The van der Waals surface area contributed by atoms with Crippen LogP contribution in [0.2, 0.25) is 0 Å². The van der Waals surface area contributed by atoms with Crippen molar-refractivity contribution in [3.63, 3.8) is 0 Å². The van der Waals surface area contributed by atoms with Gasteiger partial charge >= 0.3 is 0 Å². The maximum Gasteiger partial charge on any atom is 0.269 e. The number of H-pyrrole nitrogens is 1. The monoisotopic (exact) mass is 518 g/mol. The number of aromatic amines is 1. The van der Waals surface area contributed by atoms with Crippen LogP contribution in [0, 0.1) is 15.5 Å². The number of carbonyl (C=O) groups excluding carboxylic acids is 1. The largest absolute Gasteiger partial charge is 0.497 e. The first-order valence-electron chi connectivity index (χ1n) is 11.8. The average molecular weight is 519 g/mol. The lowest BCUT2D eigenvalue weighted by atomic mass is 9.69. The summed E-state index contributed by atoms with van der Waals surface area (Å²) in [4.78, 5) is 44.9. The minimum atomic E-state index is -0.560. The summed E-state index contributed by atoms with van der Waals surface area (Å²) in [6.07, 6.45) is 1.06. The number of allylic oxidation sites excluding steroid dienone is 2. The lowest BCUT2D eigenvalue weighted by molar-refractivity contribution is -0.384. The summed E-state index contributed by atoms with van der Waals surface area (Å²) in [6.45, 7) is 4.12. The van der Waals surface area contributed by atoms with Gasteiger partial charge in [-0.3, -0.25) is 19.7 Å². The number of carbonyl (C=O) groups is 1. The number of ether oxygens (including phenoxy) is 1. The van der Waals surface area contributed by atoms with E-state index in [1.54, 1.807) is 19.2 Å². The van der Waals surface area contributed by atoms with Crippen LogP contribution in [0.4, 0.5) is 11.5 Å². The Bertz CT molecular complexity index is 1490. The molecule has 2 heterocycles. The number of rotatable bonds is 6. The van der Waals surface area contributed by atoms with E-state index in [-0.39, 0.29) is 22.4 Å². The zero-order valence-corrected chi connectivity index (χ0v) is 21.5. The minimum Gasteiger partial charge on any atom is -0.497 e. The molecule has 1 aromatic heterocycles. The lowest BCUT2D eigenvalue weighted by Gasteiger charge is -2.38. The van der Waals surface area contributed by atoms with E-state index in [9.17, 15) is 19.7 Å². The van der Waals surface area contributed by atoms with Crippen LogP contribution in [0.3, 0.4) is 0 Å². The third-order valence-corrected chi connectivity index (χ3v) is 7.59. The standard InChI is InChI=1S/C27H26N4O5S/c1-27(2)12-19-22(20(32)13-27)21(16-5-4-6-18(11-16)36-3)23-24(28-19)29-26(30-25(23)33)37-14-15-7-9-17(10-8-15)31(34)35/h4-11,21H,12-14H2,1-3H3,(H2,28,29,30,33)/t21-/m0/s1. The van der Waals surface area contributed by atoms with E-state index < -0.39 is 10.8 Å². The summed E-state index contributed by atoms with van der Waals surface area (Å²) in [5.41, 5.74) is 2.96. The zero-order chi connectivity index (χ0) is 26.3. The van der Waals surface area contributed by atoms with Gasteiger partial charge in [-0.1, -0.05) is 49.9 Å². The third kappa shape index (κ3) is 4.89. The van der Waals surface area contributed by atoms with Crippen molar-refractivity contribution in [3.05, 3.63) is 97.0 Å². The van der Waals surface area contributed by atoms with Crippen LogP contribution < -0.4 is 15.6 Å². The smallest absolute Gasteiger partial charge is 0.269 e. The predicted molar refractivity (Wildman–Crippen MR) is 141 cm³/mol. The van der Waals surface area contributed by atoms with Gasteiger partial charge in [0.15, 0.2) is 10.9 Å². The molecule has 9 nitrogen and oxygen atoms in total. The van der Waals surface area contributed by atoms with Crippen molar-refractivity contribution in [1.82, 2.24) is 9.97 Å². The summed E-state index contributed by atoms with van der Waals surface area (Å²) in [6, 6.07) is 13.7. The first kappa shape index (κ1) is 24.8. The van der Waals surface area contributed by atoms with Gasteiger partial charge in [-0.05, 0) is 35.1 Å². The molecule has 0 unspecified atom stereocenters. The fraction of sp³-hybridized carbons (Fsp3) is 0.296. The minimum absolute atomic E-state index is 0.0215. The number of methoxy groups -OCH3 is 1. The van der Waals surface area contributed by atoms with Gasteiger partial charge in [-0.15, -0.1) is 0 Å². The van der Waals surface area contributed by atoms with Gasteiger partial charge in [0.25, 0.3) is 11.2 Å². The van der Waals surface area contributed by atoms with Crippen LogP contribution in [0.25, 0.3) is 0 Å². The SMILES string of the molecule is COc1cccc([C@H]2C3=C(CC(C)(C)CC3=O)Nc3nc(SCc4ccc([N+](=O)[O-])cc4)[nH]c(=O)c32)c1. The fourth-order valence-corrected chi connectivity index (χ4v) is 5.80. The third-order valence-electron chi connectivity index (χ3n) is 6.65. The molecule has 0 saturated carbocycles. The van der Waals surface area contributed by atoms with Crippen LogP contribution in [0.5, 0.6) is 5.75 Å². The van der Waals surface area contributed by atoms with Crippen molar-refractivity contribution >= 4 is 29.1 Å². The lowest BCUT2D eigenvalue weighted by Crippen LogP contribution is -2.37. The molecular weight excluding hydrogens is 492 g/mol. The summed E-state index contributed by atoms with van der Waals surface area (Å²) in [7, 11) is 1.58. The van der Waals surface area contributed by atoms with E-state index in [1.165, 1.54) is 23.9 Å². The number of nitrogens with zero attached hydrogens (tertiary/aromatic N) is 2. The Morgan fingerprint density at radius 1 is 1.16 bits per heavy atom. The zero-order valence-electron chi connectivity index (χ0n) is 20.7. The maximum absolute atomic E-state index is 13.5. The highest BCUT2D eigenvalue weighted by molar-refractivity contribution is 7.98. The Morgan fingerprint density at radius 3 is 2.62 bits per heavy atom. The quantitative estimate of drug-likeness (QED) is 0.198. The second kappa shape index (κ2) is 9.51. The van der Waals surface area contributed by atoms with Crippen molar-refractivity contribution < 1.29 is 14.5 Å². The van der Waals surface area contributed by atoms with Crippen molar-refractivity contribution in [2.75, 3.05) is 12.4 Å². The van der Waals surface area contributed by atoms with Gasteiger partial charge < -0.3 is 15.0 Å². The molecule has 0 fully saturated rings. The summed E-state index contributed by atoms with van der Waals surface area (Å²) < 4.78 is 5.41. The number of anilines is 1. The number of fused-ring (bicyclic) bond motifs is 1. The number of benzene rings is 2. The van der Waals surface area contributed by atoms with Crippen LogP contribution in [-0.4, -0.2) is 27.8 Å². The van der Waals surface area contributed by atoms with Crippen LogP contribution in [0.1, 0.15) is 49.3 Å². The van der Waals surface area contributed by atoms with Crippen LogP contribution >= 0.6 is 11.8 Å². The van der Waals surface area contributed by atoms with Crippen LogP contribution in [-0.2, 0) is 10.5 Å². The van der Waals surface area contributed by atoms with Crippen LogP contribution in [0.15, 0.2) is 69.8 Å². The molecule has 1 aliphatic heterocycles. The molecule has 5 rings (SSSR count). The van der Waals surface area contributed by atoms with E-state index >= 15 is 0 Å². The molecule has 3 aromatic rings. The molecule has 10 heteroatoms. The van der Waals surface area contributed by atoms with Gasteiger partial charge in [0.2, 0.25) is 0 Å². The molecule has 0 amide bonds. The van der Waals surface area contributed by atoms with Gasteiger partial charge in [0, 0.05) is 41.5 Å². The maximum atomic E-state index is 13.5. The van der Waals surface area contributed by atoms with Gasteiger partial charge in [-0.2, -0.15) is 0 Å². The Hall–Kier alpha value is -3.92. The molecule has 1 aliphatic carbocycles. The van der Waals surface area contributed by atoms with E-state index in [0.717, 1.165) is 16.8 Å². The number of nitrogens with one attached hydrogen (secondary N) is 2. The Labute approximate surface area is 217 Å². The van der Waals surface area contributed by atoms with Crippen molar-refractivity contribution in [1.29, 1.82) is 0 Å². The molecule has 0 saturated heterocycles. The van der Waals surface area contributed by atoms with Gasteiger partial charge in [0.05, 0.1) is 17.6 Å². The Morgan fingerprint density at radius 2 is 1.92 bits per heavy atom. The molecule has 0 spiro atoms. The molecule has 190 valence electrons.